The van der Waals surface area contributed by atoms with E-state index in [0.717, 1.165) is 0 Å². The molecule has 0 saturated heterocycles. The number of nitrogens with zero attached hydrogens (tertiary/aromatic N) is 5. The fourth-order valence-electron chi connectivity index (χ4n) is 1.98. The SMILES string of the molecule is O=C(O)CCc1c(-c2nn[nH]n2)nc2cc(Cl)ccn12. The molecule has 0 atom stereocenters. The molecule has 0 saturated carbocycles. The van der Waals surface area contributed by atoms with Crippen LogP contribution in [-0.2, 0) is 11.2 Å². The van der Waals surface area contributed by atoms with E-state index in [1.54, 1.807) is 22.7 Å². The van der Waals surface area contributed by atoms with Crippen LogP contribution >= 0.6 is 11.6 Å². The van der Waals surface area contributed by atoms with E-state index in [1.807, 2.05) is 0 Å². The number of aryl methyl sites for hydroxylation is 1. The van der Waals surface area contributed by atoms with Gasteiger partial charge in [-0.15, -0.1) is 10.2 Å². The molecule has 0 unspecified atom stereocenters. The van der Waals surface area contributed by atoms with Gasteiger partial charge in [-0.2, -0.15) is 5.21 Å². The maximum absolute atomic E-state index is 10.8. The van der Waals surface area contributed by atoms with Gasteiger partial charge in [-0.05, 0) is 11.3 Å². The van der Waals surface area contributed by atoms with Crippen LogP contribution in [-0.4, -0.2) is 41.1 Å². The third-order valence-electron chi connectivity index (χ3n) is 2.82. The number of aromatic amines is 1. The third kappa shape index (κ3) is 2.21. The number of rotatable bonds is 4. The van der Waals surface area contributed by atoms with E-state index in [2.05, 4.69) is 25.6 Å². The highest BCUT2D eigenvalue weighted by atomic mass is 35.5. The Morgan fingerprint density at radius 3 is 3.05 bits per heavy atom. The Labute approximate surface area is 117 Å². The summed E-state index contributed by atoms with van der Waals surface area (Å²) in [4.78, 5) is 15.2. The molecule has 2 N–H and O–H groups in total. The van der Waals surface area contributed by atoms with E-state index in [9.17, 15) is 4.79 Å². The van der Waals surface area contributed by atoms with E-state index in [-0.39, 0.29) is 6.42 Å². The Morgan fingerprint density at radius 2 is 2.35 bits per heavy atom. The standard InChI is InChI=1S/C11H9ClN6O2/c12-6-3-4-18-7(1-2-9(19)20)10(13-8(18)5-6)11-14-16-17-15-11/h3-5H,1-2H2,(H,19,20)(H,14,15,16,17). The molecule has 3 rings (SSSR count). The summed E-state index contributed by atoms with van der Waals surface area (Å²) in [5.41, 5.74) is 1.82. The molecule has 0 aliphatic heterocycles. The second-order valence-corrected chi connectivity index (χ2v) is 4.55. The topological polar surface area (TPSA) is 109 Å². The van der Waals surface area contributed by atoms with Crippen LogP contribution in [0.5, 0.6) is 0 Å². The lowest BCUT2D eigenvalue weighted by Crippen LogP contribution is -2.02. The highest BCUT2D eigenvalue weighted by Gasteiger charge is 2.18. The summed E-state index contributed by atoms with van der Waals surface area (Å²) in [5, 5.41) is 23.0. The molecular weight excluding hydrogens is 284 g/mol. The van der Waals surface area contributed by atoms with Crippen LogP contribution in [0, 0.1) is 0 Å². The number of hydrogen-bond donors (Lipinski definition) is 2. The van der Waals surface area contributed by atoms with E-state index in [4.69, 9.17) is 16.7 Å². The lowest BCUT2D eigenvalue weighted by molar-refractivity contribution is -0.136. The van der Waals surface area contributed by atoms with Gasteiger partial charge >= 0.3 is 5.97 Å². The van der Waals surface area contributed by atoms with Gasteiger partial charge in [0.25, 0.3) is 0 Å². The van der Waals surface area contributed by atoms with Crippen molar-refractivity contribution >= 4 is 23.2 Å². The summed E-state index contributed by atoms with van der Waals surface area (Å²) in [6.45, 7) is 0. The van der Waals surface area contributed by atoms with Crippen molar-refractivity contribution in [2.75, 3.05) is 0 Å². The summed E-state index contributed by atoms with van der Waals surface area (Å²) < 4.78 is 1.78. The van der Waals surface area contributed by atoms with E-state index < -0.39 is 5.97 Å². The lowest BCUT2D eigenvalue weighted by Gasteiger charge is -2.01. The molecule has 0 aliphatic carbocycles. The van der Waals surface area contributed by atoms with Gasteiger partial charge in [0.15, 0.2) is 0 Å². The summed E-state index contributed by atoms with van der Waals surface area (Å²) in [6.07, 6.45) is 2.04. The zero-order valence-corrected chi connectivity index (χ0v) is 10.9. The van der Waals surface area contributed by atoms with Gasteiger partial charge in [-0.25, -0.2) is 4.98 Å². The first-order chi connectivity index (χ1) is 9.65. The van der Waals surface area contributed by atoms with Crippen LogP contribution in [0.4, 0.5) is 0 Å². The number of pyridine rings is 1. The number of halogens is 1. The van der Waals surface area contributed by atoms with E-state index in [1.165, 1.54) is 0 Å². The predicted molar refractivity (Wildman–Crippen MR) is 69.3 cm³/mol. The van der Waals surface area contributed by atoms with E-state index >= 15 is 0 Å². The molecule has 3 aromatic heterocycles. The molecule has 20 heavy (non-hydrogen) atoms. The zero-order valence-electron chi connectivity index (χ0n) is 10.1. The van der Waals surface area contributed by atoms with Crippen molar-refractivity contribution in [3.63, 3.8) is 0 Å². The first-order valence-electron chi connectivity index (χ1n) is 5.77. The second-order valence-electron chi connectivity index (χ2n) is 4.11. The van der Waals surface area contributed by atoms with Gasteiger partial charge < -0.3 is 9.51 Å². The van der Waals surface area contributed by atoms with Gasteiger partial charge in [-0.1, -0.05) is 11.6 Å². The van der Waals surface area contributed by atoms with Crippen LogP contribution in [0.2, 0.25) is 5.02 Å². The molecule has 0 spiro atoms. The molecular formula is C11H9ClN6O2. The highest BCUT2D eigenvalue weighted by molar-refractivity contribution is 6.30. The van der Waals surface area contributed by atoms with E-state index in [0.29, 0.717) is 34.3 Å². The van der Waals surface area contributed by atoms with Crippen LogP contribution in [0.25, 0.3) is 17.2 Å². The largest absolute Gasteiger partial charge is 0.481 e. The number of H-pyrrole nitrogens is 1. The normalized spacial score (nSPS) is 11.1. The minimum absolute atomic E-state index is 0.0126. The number of carbonyl (C=O) groups is 1. The van der Waals surface area contributed by atoms with Crippen LogP contribution in [0.1, 0.15) is 12.1 Å². The molecule has 9 heteroatoms. The Hall–Kier alpha value is -2.48. The Kier molecular flexibility index (Phi) is 3.07. The summed E-state index contributed by atoms with van der Waals surface area (Å²) in [5.74, 6) is -0.557. The van der Waals surface area contributed by atoms with Crippen molar-refractivity contribution in [1.29, 1.82) is 0 Å². The number of carboxylic acids is 1. The van der Waals surface area contributed by atoms with Crippen molar-refractivity contribution in [3.8, 4) is 11.5 Å². The fourth-order valence-corrected chi connectivity index (χ4v) is 2.13. The Bertz CT molecular complexity index is 767. The maximum Gasteiger partial charge on any atom is 0.303 e. The van der Waals surface area contributed by atoms with Crippen molar-refractivity contribution in [2.45, 2.75) is 12.8 Å². The molecule has 0 amide bonds. The number of aliphatic carboxylic acids is 1. The molecule has 3 aromatic rings. The second kappa shape index (κ2) is 4.89. The van der Waals surface area contributed by atoms with Gasteiger partial charge in [0.05, 0.1) is 12.1 Å². The van der Waals surface area contributed by atoms with Crippen molar-refractivity contribution in [2.24, 2.45) is 0 Å². The minimum atomic E-state index is -0.882. The highest BCUT2D eigenvalue weighted by Crippen LogP contribution is 2.23. The number of carboxylic acid groups (broad SMARTS) is 1. The van der Waals surface area contributed by atoms with Gasteiger partial charge in [-0.3, -0.25) is 4.79 Å². The Morgan fingerprint density at radius 1 is 1.50 bits per heavy atom. The minimum Gasteiger partial charge on any atom is -0.481 e. The monoisotopic (exact) mass is 292 g/mol. The summed E-state index contributed by atoms with van der Waals surface area (Å²) >= 11 is 5.94. The fraction of sp³-hybridized carbons (Fsp3) is 0.182. The van der Waals surface area contributed by atoms with Crippen molar-refractivity contribution in [1.82, 2.24) is 30.0 Å². The first kappa shape index (κ1) is 12.5. The molecule has 102 valence electrons. The molecule has 8 nitrogen and oxygen atoms in total. The van der Waals surface area contributed by atoms with Gasteiger partial charge in [0.1, 0.15) is 11.3 Å². The smallest absolute Gasteiger partial charge is 0.303 e. The maximum atomic E-state index is 10.8. The number of tetrazole rings is 1. The first-order valence-corrected chi connectivity index (χ1v) is 6.15. The quantitative estimate of drug-likeness (QED) is 0.747. The number of nitrogens with one attached hydrogen (secondary N) is 1. The van der Waals surface area contributed by atoms with Crippen LogP contribution in [0.15, 0.2) is 18.3 Å². The van der Waals surface area contributed by atoms with Crippen molar-refractivity contribution < 1.29 is 9.90 Å². The molecule has 0 radical (unpaired) electrons. The Balaban J connectivity index is 2.16. The van der Waals surface area contributed by atoms with Gasteiger partial charge in [0, 0.05) is 23.7 Å². The van der Waals surface area contributed by atoms with Crippen LogP contribution in [0.3, 0.4) is 0 Å². The number of hydrogen-bond acceptors (Lipinski definition) is 5. The molecule has 0 aliphatic rings. The lowest BCUT2D eigenvalue weighted by atomic mass is 10.2. The zero-order chi connectivity index (χ0) is 14.1. The number of fused-ring (bicyclic) bond motifs is 1. The van der Waals surface area contributed by atoms with Gasteiger partial charge in [0.2, 0.25) is 5.82 Å². The average Bonchev–Trinajstić information content (AvgIpc) is 3.02. The summed E-state index contributed by atoms with van der Waals surface area (Å²) in [7, 11) is 0. The number of imidazole rings is 1. The molecule has 3 heterocycles. The average molecular weight is 293 g/mol. The number of aromatic nitrogens is 6. The van der Waals surface area contributed by atoms with Crippen molar-refractivity contribution in [3.05, 3.63) is 29.0 Å². The molecule has 0 aromatic carbocycles. The molecule has 0 bridgehead atoms. The summed E-state index contributed by atoms with van der Waals surface area (Å²) in [6, 6.07) is 3.40. The van der Waals surface area contributed by atoms with Crippen LogP contribution < -0.4 is 0 Å². The predicted octanol–water partition coefficient (Wildman–Crippen LogP) is 1.18. The molecule has 0 fully saturated rings. The third-order valence-corrected chi connectivity index (χ3v) is 3.06.